The van der Waals surface area contributed by atoms with Crippen LogP contribution in [0.25, 0.3) is 0 Å². The van der Waals surface area contributed by atoms with Crippen LogP contribution < -0.4 is 5.73 Å². The smallest absolute Gasteiger partial charge is 0.186 e. The summed E-state index contributed by atoms with van der Waals surface area (Å²) in [7, 11) is 1.86. The molecule has 1 aromatic heterocycles. The van der Waals surface area contributed by atoms with Crippen molar-refractivity contribution in [1.29, 1.82) is 0 Å². The minimum Gasteiger partial charge on any atom is -0.409 e. The van der Waals surface area contributed by atoms with E-state index in [0.29, 0.717) is 0 Å². The summed E-state index contributed by atoms with van der Waals surface area (Å²) in [5, 5.41) is 11.3. The maximum atomic E-state index is 8.37. The van der Waals surface area contributed by atoms with Gasteiger partial charge in [-0.2, -0.15) is 0 Å². The van der Waals surface area contributed by atoms with E-state index in [2.05, 4.69) is 5.16 Å². The summed E-state index contributed by atoms with van der Waals surface area (Å²) in [6.07, 6.45) is 0. The van der Waals surface area contributed by atoms with Gasteiger partial charge in [-0.25, -0.2) is 0 Å². The summed E-state index contributed by atoms with van der Waals surface area (Å²) >= 11 is 0. The lowest BCUT2D eigenvalue weighted by Crippen LogP contribution is -2.17. The topological polar surface area (TPSA) is 63.5 Å². The van der Waals surface area contributed by atoms with E-state index in [0.717, 1.165) is 11.4 Å². The fraction of sp³-hybridized carbons (Fsp3) is 0.286. The third kappa shape index (κ3) is 1.19. The van der Waals surface area contributed by atoms with E-state index in [4.69, 9.17) is 10.9 Å². The van der Waals surface area contributed by atoms with Gasteiger partial charge < -0.3 is 15.5 Å². The van der Waals surface area contributed by atoms with Gasteiger partial charge in [-0.05, 0) is 19.1 Å². The quantitative estimate of drug-likeness (QED) is 0.266. The van der Waals surface area contributed by atoms with Gasteiger partial charge >= 0.3 is 0 Å². The summed E-state index contributed by atoms with van der Waals surface area (Å²) in [6.45, 7) is 1.95. The van der Waals surface area contributed by atoms with Crippen LogP contribution in [0.5, 0.6) is 0 Å². The van der Waals surface area contributed by atoms with Crippen molar-refractivity contribution < 1.29 is 5.21 Å². The first-order valence-corrected chi connectivity index (χ1v) is 3.27. The molecule has 0 aliphatic carbocycles. The van der Waals surface area contributed by atoms with Gasteiger partial charge in [-0.15, -0.1) is 0 Å². The van der Waals surface area contributed by atoms with Crippen LogP contribution in [0.3, 0.4) is 0 Å². The van der Waals surface area contributed by atoms with Crippen molar-refractivity contribution in [3.8, 4) is 0 Å². The van der Waals surface area contributed by atoms with Crippen molar-refractivity contribution in [3.63, 3.8) is 0 Å². The number of nitrogens with zero attached hydrogens (tertiary/aromatic N) is 2. The van der Waals surface area contributed by atoms with Gasteiger partial charge in [0.25, 0.3) is 0 Å². The first-order chi connectivity index (χ1) is 5.16. The predicted molar refractivity (Wildman–Crippen MR) is 42.7 cm³/mol. The summed E-state index contributed by atoms with van der Waals surface area (Å²) in [5.74, 6) is 0.139. The van der Waals surface area contributed by atoms with Gasteiger partial charge in [0.1, 0.15) is 0 Å². The van der Waals surface area contributed by atoms with Gasteiger partial charge in [-0.1, -0.05) is 5.16 Å². The Bertz CT molecular complexity index is 288. The second kappa shape index (κ2) is 2.65. The lowest BCUT2D eigenvalue weighted by atomic mass is 10.4. The number of oxime groups is 1. The Morgan fingerprint density at radius 1 is 1.64 bits per heavy atom. The van der Waals surface area contributed by atoms with Crippen LogP contribution >= 0.6 is 0 Å². The molecule has 1 heterocycles. The van der Waals surface area contributed by atoms with Crippen molar-refractivity contribution in [2.75, 3.05) is 0 Å². The molecule has 0 unspecified atom stereocenters. The number of aromatic nitrogens is 1. The number of amidine groups is 1. The lowest BCUT2D eigenvalue weighted by molar-refractivity contribution is 0.318. The van der Waals surface area contributed by atoms with Crippen LogP contribution in [0.15, 0.2) is 17.3 Å². The summed E-state index contributed by atoms with van der Waals surface area (Å²) in [5.41, 5.74) is 7.19. The average Bonchev–Trinajstić information content (AvgIpc) is 2.32. The predicted octanol–water partition coefficient (Wildman–Crippen LogP) is 0.428. The van der Waals surface area contributed by atoms with Crippen molar-refractivity contribution >= 4 is 5.84 Å². The number of hydrogen-bond acceptors (Lipinski definition) is 2. The van der Waals surface area contributed by atoms with Crippen LogP contribution in [0, 0.1) is 6.92 Å². The fourth-order valence-electron chi connectivity index (χ4n) is 0.922. The molecule has 0 saturated carbocycles. The Balaban J connectivity index is 3.15. The zero-order valence-corrected chi connectivity index (χ0v) is 6.57. The number of nitrogens with two attached hydrogens (primary N) is 1. The first-order valence-electron chi connectivity index (χ1n) is 3.27. The van der Waals surface area contributed by atoms with E-state index in [1.54, 1.807) is 0 Å². The van der Waals surface area contributed by atoms with Gasteiger partial charge in [-0.3, -0.25) is 0 Å². The molecule has 0 aromatic carbocycles. The molecule has 0 aliphatic rings. The lowest BCUT2D eigenvalue weighted by Gasteiger charge is -2.01. The largest absolute Gasteiger partial charge is 0.409 e. The van der Waals surface area contributed by atoms with Crippen molar-refractivity contribution in [2.45, 2.75) is 6.92 Å². The number of hydrogen-bond donors (Lipinski definition) is 2. The van der Waals surface area contributed by atoms with Gasteiger partial charge in [0.05, 0.1) is 5.69 Å². The normalized spacial score (nSPS) is 12.0. The van der Waals surface area contributed by atoms with Crippen molar-refractivity contribution in [3.05, 3.63) is 23.5 Å². The standard InChI is InChI=1S/C7H11N3O/c1-5-3-4-6(10(5)2)7(8)9-11/h3-4,11H,1-2H3,(H2,8,9). The fourth-order valence-corrected chi connectivity index (χ4v) is 0.922. The molecule has 0 aliphatic heterocycles. The molecular weight excluding hydrogens is 142 g/mol. The third-order valence-corrected chi connectivity index (χ3v) is 1.74. The Kier molecular flexibility index (Phi) is 1.85. The van der Waals surface area contributed by atoms with Crippen molar-refractivity contribution in [1.82, 2.24) is 4.57 Å². The van der Waals surface area contributed by atoms with Crippen LogP contribution in [0.2, 0.25) is 0 Å². The van der Waals surface area contributed by atoms with Crippen LogP contribution in [-0.4, -0.2) is 15.6 Å². The summed E-state index contributed by atoms with van der Waals surface area (Å²) in [6, 6.07) is 3.72. The average molecular weight is 153 g/mol. The zero-order chi connectivity index (χ0) is 8.43. The monoisotopic (exact) mass is 153 g/mol. The molecule has 0 atom stereocenters. The van der Waals surface area contributed by atoms with E-state index >= 15 is 0 Å². The van der Waals surface area contributed by atoms with E-state index in [1.807, 2.05) is 30.7 Å². The molecule has 0 bridgehead atoms. The second-order valence-electron chi connectivity index (χ2n) is 2.40. The highest BCUT2D eigenvalue weighted by Crippen LogP contribution is 2.04. The second-order valence-corrected chi connectivity index (χ2v) is 2.40. The maximum absolute atomic E-state index is 8.37. The number of rotatable bonds is 1. The Morgan fingerprint density at radius 2 is 2.27 bits per heavy atom. The molecule has 0 amide bonds. The summed E-state index contributed by atoms with van der Waals surface area (Å²) in [4.78, 5) is 0. The van der Waals surface area contributed by atoms with Gasteiger partial charge in [0, 0.05) is 12.7 Å². The third-order valence-electron chi connectivity index (χ3n) is 1.74. The molecule has 1 aromatic rings. The SMILES string of the molecule is Cc1ccc(/C(N)=N/O)n1C. The van der Waals surface area contributed by atoms with Gasteiger partial charge in [0.15, 0.2) is 5.84 Å². The molecule has 0 radical (unpaired) electrons. The highest BCUT2D eigenvalue weighted by atomic mass is 16.4. The van der Waals surface area contributed by atoms with Crippen LogP contribution in [-0.2, 0) is 7.05 Å². The van der Waals surface area contributed by atoms with Crippen LogP contribution in [0.1, 0.15) is 11.4 Å². The van der Waals surface area contributed by atoms with Crippen LogP contribution in [0.4, 0.5) is 0 Å². The molecule has 0 fully saturated rings. The molecule has 0 saturated heterocycles. The highest BCUT2D eigenvalue weighted by molar-refractivity contribution is 5.95. The Hall–Kier alpha value is -1.45. The Morgan fingerprint density at radius 3 is 2.64 bits per heavy atom. The van der Waals surface area contributed by atoms with Gasteiger partial charge in [0.2, 0.25) is 0 Å². The molecule has 11 heavy (non-hydrogen) atoms. The van der Waals surface area contributed by atoms with E-state index in [9.17, 15) is 0 Å². The molecular formula is C7H11N3O. The Labute approximate surface area is 64.9 Å². The molecule has 3 N–H and O–H groups in total. The molecule has 4 heteroatoms. The number of aryl methyl sites for hydroxylation is 1. The molecule has 0 spiro atoms. The minimum atomic E-state index is 0.139. The van der Waals surface area contributed by atoms with E-state index in [-0.39, 0.29) is 5.84 Å². The molecule has 4 nitrogen and oxygen atoms in total. The minimum absolute atomic E-state index is 0.139. The highest BCUT2D eigenvalue weighted by Gasteiger charge is 2.04. The maximum Gasteiger partial charge on any atom is 0.186 e. The molecule has 60 valence electrons. The van der Waals surface area contributed by atoms with E-state index in [1.165, 1.54) is 0 Å². The van der Waals surface area contributed by atoms with E-state index < -0.39 is 0 Å². The molecule has 1 rings (SSSR count). The zero-order valence-electron chi connectivity index (χ0n) is 6.57. The van der Waals surface area contributed by atoms with Crippen molar-refractivity contribution in [2.24, 2.45) is 17.9 Å². The summed E-state index contributed by atoms with van der Waals surface area (Å²) < 4.78 is 1.86. The first kappa shape index (κ1) is 7.65.